The summed E-state index contributed by atoms with van der Waals surface area (Å²) in [5.74, 6) is 0. The summed E-state index contributed by atoms with van der Waals surface area (Å²) >= 11 is 5.98. The van der Waals surface area contributed by atoms with Crippen molar-refractivity contribution in [3.05, 3.63) is 48.5 Å². The Balaban J connectivity index is 2.40. The molecule has 0 saturated carbocycles. The molecule has 0 spiro atoms. The van der Waals surface area contributed by atoms with Crippen LogP contribution >= 0.6 is 11.6 Å². The Kier molecular flexibility index (Phi) is 3.82. The monoisotopic (exact) mass is 278 g/mol. The van der Waals surface area contributed by atoms with Crippen molar-refractivity contribution >= 4 is 23.4 Å². The molecule has 0 aliphatic carbocycles. The van der Waals surface area contributed by atoms with Crippen molar-refractivity contribution in [3.63, 3.8) is 0 Å². The molecule has 0 fully saturated rings. The second-order valence-corrected chi connectivity index (χ2v) is 4.00. The van der Waals surface area contributed by atoms with Gasteiger partial charge in [-0.2, -0.15) is 5.10 Å². The Bertz CT molecular complexity index is 597. The van der Waals surface area contributed by atoms with E-state index >= 15 is 0 Å². The van der Waals surface area contributed by atoms with Crippen molar-refractivity contribution in [2.45, 2.75) is 0 Å². The number of hydrogen-bond acceptors (Lipinski definition) is 3. The second kappa shape index (κ2) is 5.53. The fraction of sp³-hybridized carbons (Fsp3) is 0.0833. The van der Waals surface area contributed by atoms with Gasteiger partial charge in [-0.1, -0.05) is 17.7 Å². The molecule has 6 nitrogen and oxygen atoms in total. The minimum atomic E-state index is -1.12. The third kappa shape index (κ3) is 2.74. The Morgan fingerprint density at radius 2 is 2.42 bits per heavy atom. The lowest BCUT2D eigenvalue weighted by Gasteiger charge is -2.14. The SMILES string of the molecule is C=CCN(C(=O)O)c1cn(-c2cccnc2)nc1Cl. The lowest BCUT2D eigenvalue weighted by molar-refractivity contribution is 0.202. The lowest BCUT2D eigenvalue weighted by Crippen LogP contribution is -2.29. The van der Waals surface area contributed by atoms with E-state index in [0.717, 1.165) is 4.90 Å². The van der Waals surface area contributed by atoms with E-state index in [-0.39, 0.29) is 11.7 Å². The van der Waals surface area contributed by atoms with Crippen LogP contribution in [0, 0.1) is 0 Å². The predicted molar refractivity (Wildman–Crippen MR) is 71.9 cm³/mol. The number of halogens is 1. The van der Waals surface area contributed by atoms with Crippen LogP contribution in [-0.2, 0) is 0 Å². The molecular formula is C12H11ClN4O2. The minimum absolute atomic E-state index is 0.105. The van der Waals surface area contributed by atoms with E-state index < -0.39 is 6.09 Å². The average molecular weight is 279 g/mol. The first-order valence-electron chi connectivity index (χ1n) is 5.40. The lowest BCUT2D eigenvalue weighted by atomic mass is 10.4. The first-order chi connectivity index (χ1) is 9.13. The van der Waals surface area contributed by atoms with Crippen LogP contribution in [0.4, 0.5) is 10.5 Å². The minimum Gasteiger partial charge on any atom is -0.465 e. The Morgan fingerprint density at radius 3 is 3.00 bits per heavy atom. The highest BCUT2D eigenvalue weighted by molar-refractivity contribution is 6.32. The summed E-state index contributed by atoms with van der Waals surface area (Å²) in [7, 11) is 0. The molecule has 2 aromatic rings. The van der Waals surface area contributed by atoms with E-state index in [2.05, 4.69) is 16.7 Å². The van der Waals surface area contributed by atoms with Crippen LogP contribution in [0.5, 0.6) is 0 Å². The topological polar surface area (TPSA) is 71.2 Å². The molecule has 0 aliphatic heterocycles. The summed E-state index contributed by atoms with van der Waals surface area (Å²) in [5, 5.41) is 13.3. The summed E-state index contributed by atoms with van der Waals surface area (Å²) in [5.41, 5.74) is 0.998. The van der Waals surface area contributed by atoms with E-state index in [1.165, 1.54) is 17.0 Å². The molecule has 2 rings (SSSR count). The molecule has 2 heterocycles. The largest absolute Gasteiger partial charge is 0.465 e. The zero-order chi connectivity index (χ0) is 13.8. The summed E-state index contributed by atoms with van der Waals surface area (Å²) in [6, 6.07) is 3.54. The van der Waals surface area contributed by atoms with Crippen molar-refractivity contribution < 1.29 is 9.90 Å². The number of rotatable bonds is 4. The van der Waals surface area contributed by atoms with Gasteiger partial charge in [-0.05, 0) is 12.1 Å². The van der Waals surface area contributed by atoms with Crippen LogP contribution in [0.15, 0.2) is 43.4 Å². The maximum absolute atomic E-state index is 11.2. The van der Waals surface area contributed by atoms with E-state index in [0.29, 0.717) is 11.4 Å². The number of nitrogens with zero attached hydrogens (tertiary/aromatic N) is 4. The maximum Gasteiger partial charge on any atom is 0.412 e. The highest BCUT2D eigenvalue weighted by Crippen LogP contribution is 2.25. The van der Waals surface area contributed by atoms with E-state index in [4.69, 9.17) is 16.7 Å². The summed E-state index contributed by atoms with van der Waals surface area (Å²) in [4.78, 5) is 16.2. The van der Waals surface area contributed by atoms with Gasteiger partial charge < -0.3 is 5.11 Å². The Hall–Kier alpha value is -2.34. The first-order valence-corrected chi connectivity index (χ1v) is 5.78. The maximum atomic E-state index is 11.2. The molecule has 98 valence electrons. The average Bonchev–Trinajstić information content (AvgIpc) is 2.78. The molecule has 0 saturated heterocycles. The standard InChI is InChI=1S/C12H11ClN4O2/c1-2-6-16(12(18)19)10-8-17(15-11(10)13)9-4-3-5-14-7-9/h2-5,7-8H,1,6H2,(H,18,19). The van der Waals surface area contributed by atoms with E-state index in [1.807, 2.05) is 0 Å². The number of anilines is 1. The van der Waals surface area contributed by atoms with Crippen molar-refractivity contribution in [2.75, 3.05) is 11.4 Å². The summed E-state index contributed by atoms with van der Waals surface area (Å²) in [6.45, 7) is 3.65. The number of carboxylic acid groups (broad SMARTS) is 1. The molecule has 0 aliphatic rings. The molecule has 7 heteroatoms. The zero-order valence-electron chi connectivity index (χ0n) is 9.90. The molecular weight excluding hydrogens is 268 g/mol. The molecule has 19 heavy (non-hydrogen) atoms. The number of carbonyl (C=O) groups is 1. The van der Waals surface area contributed by atoms with Crippen LogP contribution in [0.1, 0.15) is 0 Å². The fourth-order valence-electron chi connectivity index (χ4n) is 1.55. The van der Waals surface area contributed by atoms with Crippen LogP contribution < -0.4 is 4.90 Å². The van der Waals surface area contributed by atoms with Crippen LogP contribution in [0.25, 0.3) is 5.69 Å². The highest BCUT2D eigenvalue weighted by Gasteiger charge is 2.19. The smallest absolute Gasteiger partial charge is 0.412 e. The third-order valence-corrected chi connectivity index (χ3v) is 2.66. The fourth-order valence-corrected chi connectivity index (χ4v) is 1.79. The molecule has 0 atom stereocenters. The van der Waals surface area contributed by atoms with Crippen molar-refractivity contribution in [1.29, 1.82) is 0 Å². The predicted octanol–water partition coefficient (Wildman–Crippen LogP) is 2.59. The van der Waals surface area contributed by atoms with Gasteiger partial charge in [0.2, 0.25) is 0 Å². The third-order valence-electron chi connectivity index (χ3n) is 2.40. The van der Waals surface area contributed by atoms with Gasteiger partial charge in [0.15, 0.2) is 5.15 Å². The molecule has 0 bridgehead atoms. The molecule has 1 amide bonds. The van der Waals surface area contributed by atoms with Gasteiger partial charge in [0.25, 0.3) is 0 Å². The van der Waals surface area contributed by atoms with E-state index in [9.17, 15) is 4.79 Å². The number of aromatic nitrogens is 3. The van der Waals surface area contributed by atoms with Gasteiger partial charge >= 0.3 is 6.09 Å². The zero-order valence-corrected chi connectivity index (χ0v) is 10.7. The Labute approximate surface area is 114 Å². The van der Waals surface area contributed by atoms with Crippen LogP contribution in [0.3, 0.4) is 0 Å². The van der Waals surface area contributed by atoms with Crippen LogP contribution in [0.2, 0.25) is 5.15 Å². The summed E-state index contributed by atoms with van der Waals surface area (Å²) < 4.78 is 1.48. The molecule has 2 aromatic heterocycles. The second-order valence-electron chi connectivity index (χ2n) is 3.64. The number of hydrogen-bond donors (Lipinski definition) is 1. The van der Waals surface area contributed by atoms with Crippen molar-refractivity contribution in [1.82, 2.24) is 14.8 Å². The summed E-state index contributed by atoms with van der Waals surface area (Å²) in [6.07, 6.45) is 5.14. The van der Waals surface area contributed by atoms with Gasteiger partial charge in [-0.3, -0.25) is 9.88 Å². The van der Waals surface area contributed by atoms with Crippen LogP contribution in [-0.4, -0.2) is 32.5 Å². The van der Waals surface area contributed by atoms with Gasteiger partial charge in [-0.25, -0.2) is 9.48 Å². The normalized spacial score (nSPS) is 10.2. The first kappa shape index (κ1) is 13.1. The molecule has 0 aromatic carbocycles. The molecule has 0 unspecified atom stereocenters. The number of amides is 1. The van der Waals surface area contributed by atoms with E-state index in [1.54, 1.807) is 24.5 Å². The van der Waals surface area contributed by atoms with Gasteiger partial charge in [0, 0.05) is 12.7 Å². The molecule has 0 radical (unpaired) electrons. The van der Waals surface area contributed by atoms with Gasteiger partial charge in [-0.15, -0.1) is 6.58 Å². The van der Waals surface area contributed by atoms with Crippen molar-refractivity contribution in [3.8, 4) is 5.69 Å². The Morgan fingerprint density at radius 1 is 1.63 bits per heavy atom. The highest BCUT2D eigenvalue weighted by atomic mass is 35.5. The van der Waals surface area contributed by atoms with Gasteiger partial charge in [0.1, 0.15) is 5.69 Å². The van der Waals surface area contributed by atoms with Gasteiger partial charge in [0.05, 0.1) is 18.1 Å². The quantitative estimate of drug-likeness (QED) is 0.873. The molecule has 1 N–H and O–H groups in total. The van der Waals surface area contributed by atoms with Crippen molar-refractivity contribution in [2.24, 2.45) is 0 Å². The number of pyridine rings is 1.